The number of carbonyl (C=O) groups is 1. The van der Waals surface area contributed by atoms with E-state index >= 15 is 0 Å². The van der Waals surface area contributed by atoms with E-state index in [2.05, 4.69) is 5.32 Å². The Balaban J connectivity index is 2.58. The van der Waals surface area contributed by atoms with Gasteiger partial charge in [-0.3, -0.25) is 4.79 Å². The third-order valence-electron chi connectivity index (χ3n) is 2.48. The summed E-state index contributed by atoms with van der Waals surface area (Å²) in [6.45, 7) is 5.18. The van der Waals surface area contributed by atoms with Gasteiger partial charge >= 0.3 is 0 Å². The summed E-state index contributed by atoms with van der Waals surface area (Å²) in [6, 6.07) is 3.63. The Hall–Kier alpha value is -0.840. The van der Waals surface area contributed by atoms with E-state index in [9.17, 15) is 9.90 Å². The molecule has 1 amide bonds. The van der Waals surface area contributed by atoms with E-state index in [-0.39, 0.29) is 5.91 Å². The van der Waals surface area contributed by atoms with Crippen molar-refractivity contribution in [2.45, 2.75) is 32.4 Å². The smallest absolute Gasteiger partial charge is 0.244 e. The molecule has 0 fully saturated rings. The summed E-state index contributed by atoms with van der Waals surface area (Å²) < 4.78 is 0.689. The average Bonchev–Trinajstić information content (AvgIpc) is 2.60. The monoisotopic (exact) mass is 273 g/mol. The zero-order valence-corrected chi connectivity index (χ0v) is 11.6. The number of aliphatic hydroxyl groups is 1. The van der Waals surface area contributed by atoms with Crippen LogP contribution in [0.25, 0.3) is 6.08 Å². The highest BCUT2D eigenvalue weighted by Crippen LogP contribution is 2.22. The predicted octanol–water partition coefficient (Wildman–Crippen LogP) is 2.69. The standard InChI is InChI=1S/C12H16ClNO2S/c1-8(15)12(2,3)14-11(16)7-5-9-4-6-10(13)17-9/h4-8,15H,1-3H3,(H,14,16)/b7-5+. The molecule has 94 valence electrons. The maximum absolute atomic E-state index is 11.6. The second-order valence-electron chi connectivity index (χ2n) is 4.36. The van der Waals surface area contributed by atoms with Crippen LogP contribution in [0, 0.1) is 0 Å². The number of hydrogen-bond acceptors (Lipinski definition) is 3. The van der Waals surface area contributed by atoms with Crippen molar-refractivity contribution in [3.63, 3.8) is 0 Å². The lowest BCUT2D eigenvalue weighted by Crippen LogP contribution is -2.50. The van der Waals surface area contributed by atoms with E-state index in [0.29, 0.717) is 4.34 Å². The van der Waals surface area contributed by atoms with Crippen molar-refractivity contribution in [3.05, 3.63) is 27.4 Å². The van der Waals surface area contributed by atoms with Crippen LogP contribution in [0.1, 0.15) is 25.6 Å². The van der Waals surface area contributed by atoms with E-state index in [0.717, 1.165) is 4.88 Å². The number of aliphatic hydroxyl groups excluding tert-OH is 1. The summed E-state index contributed by atoms with van der Waals surface area (Å²) in [4.78, 5) is 12.5. The van der Waals surface area contributed by atoms with Crippen LogP contribution >= 0.6 is 22.9 Å². The highest BCUT2D eigenvalue weighted by Gasteiger charge is 2.24. The number of nitrogens with one attached hydrogen (secondary N) is 1. The summed E-state index contributed by atoms with van der Waals surface area (Å²) in [5.41, 5.74) is -0.644. The van der Waals surface area contributed by atoms with E-state index < -0.39 is 11.6 Å². The quantitative estimate of drug-likeness (QED) is 0.829. The molecule has 0 bridgehead atoms. The molecule has 0 aliphatic rings. The second-order valence-corrected chi connectivity index (χ2v) is 6.11. The first-order valence-corrected chi connectivity index (χ1v) is 6.44. The van der Waals surface area contributed by atoms with Crippen molar-refractivity contribution in [2.24, 2.45) is 0 Å². The maximum atomic E-state index is 11.6. The number of carbonyl (C=O) groups excluding carboxylic acids is 1. The van der Waals surface area contributed by atoms with Crippen LogP contribution in [0.5, 0.6) is 0 Å². The SMILES string of the molecule is CC(O)C(C)(C)NC(=O)/C=C/c1ccc(Cl)s1. The van der Waals surface area contributed by atoms with Gasteiger partial charge < -0.3 is 10.4 Å². The summed E-state index contributed by atoms with van der Waals surface area (Å²) in [5, 5.41) is 12.2. The normalized spacial score (nSPS) is 13.9. The molecule has 0 saturated carbocycles. The van der Waals surface area contributed by atoms with Gasteiger partial charge in [0.05, 0.1) is 16.0 Å². The molecule has 3 nitrogen and oxygen atoms in total. The van der Waals surface area contributed by atoms with Gasteiger partial charge in [0.1, 0.15) is 0 Å². The minimum absolute atomic E-state index is 0.236. The van der Waals surface area contributed by atoms with Crippen LogP contribution < -0.4 is 5.32 Å². The van der Waals surface area contributed by atoms with Crippen molar-refractivity contribution in [1.29, 1.82) is 0 Å². The highest BCUT2D eigenvalue weighted by atomic mass is 35.5. The van der Waals surface area contributed by atoms with Gasteiger partial charge in [-0.25, -0.2) is 0 Å². The van der Waals surface area contributed by atoms with Crippen molar-refractivity contribution in [3.8, 4) is 0 Å². The van der Waals surface area contributed by atoms with Gasteiger partial charge in [-0.15, -0.1) is 11.3 Å². The molecular formula is C12H16ClNO2S. The summed E-state index contributed by atoms with van der Waals surface area (Å²) in [7, 11) is 0. The van der Waals surface area contributed by atoms with E-state index in [1.54, 1.807) is 32.9 Å². The Labute approximate surface area is 110 Å². The summed E-state index contributed by atoms with van der Waals surface area (Å²) in [6.07, 6.45) is 2.52. The summed E-state index contributed by atoms with van der Waals surface area (Å²) in [5.74, 6) is -0.236. The Kier molecular flexibility index (Phi) is 4.74. The fourth-order valence-electron chi connectivity index (χ4n) is 1.04. The molecule has 1 atom stereocenters. The minimum Gasteiger partial charge on any atom is -0.391 e. The lowest BCUT2D eigenvalue weighted by molar-refractivity contribution is -0.119. The van der Waals surface area contributed by atoms with Gasteiger partial charge in [-0.1, -0.05) is 11.6 Å². The Bertz CT molecular complexity index is 424. The molecule has 1 heterocycles. The van der Waals surface area contributed by atoms with Gasteiger partial charge in [-0.05, 0) is 39.0 Å². The Morgan fingerprint density at radius 3 is 2.71 bits per heavy atom. The van der Waals surface area contributed by atoms with Gasteiger partial charge in [0.2, 0.25) is 5.91 Å². The molecule has 1 aromatic heterocycles. The number of rotatable bonds is 4. The van der Waals surface area contributed by atoms with Gasteiger partial charge in [0.15, 0.2) is 0 Å². The topological polar surface area (TPSA) is 49.3 Å². The third-order valence-corrected chi connectivity index (χ3v) is 3.68. The second kappa shape index (κ2) is 5.67. The first-order valence-electron chi connectivity index (χ1n) is 5.25. The van der Waals surface area contributed by atoms with Gasteiger partial charge in [0.25, 0.3) is 0 Å². The van der Waals surface area contributed by atoms with E-state index in [1.807, 2.05) is 6.07 Å². The van der Waals surface area contributed by atoms with Crippen LogP contribution in [0.4, 0.5) is 0 Å². The molecule has 17 heavy (non-hydrogen) atoms. The third kappa shape index (κ3) is 4.50. The minimum atomic E-state index is -0.644. The molecule has 2 N–H and O–H groups in total. The Morgan fingerprint density at radius 2 is 2.24 bits per heavy atom. The van der Waals surface area contributed by atoms with Crippen molar-refractivity contribution in [2.75, 3.05) is 0 Å². The average molecular weight is 274 g/mol. The van der Waals surface area contributed by atoms with Crippen LogP contribution in [-0.2, 0) is 4.79 Å². The number of halogens is 1. The molecule has 0 aliphatic heterocycles. The molecule has 0 aromatic carbocycles. The molecular weight excluding hydrogens is 258 g/mol. The maximum Gasteiger partial charge on any atom is 0.244 e. The lowest BCUT2D eigenvalue weighted by atomic mass is 9.99. The highest BCUT2D eigenvalue weighted by molar-refractivity contribution is 7.17. The molecule has 1 aromatic rings. The molecule has 1 unspecified atom stereocenters. The largest absolute Gasteiger partial charge is 0.391 e. The molecule has 0 saturated heterocycles. The number of amides is 1. The molecule has 0 spiro atoms. The van der Waals surface area contributed by atoms with Crippen molar-refractivity contribution >= 4 is 34.9 Å². The number of hydrogen-bond donors (Lipinski definition) is 2. The van der Waals surface area contributed by atoms with Crippen LogP contribution in [0.2, 0.25) is 4.34 Å². The lowest BCUT2D eigenvalue weighted by Gasteiger charge is -2.28. The van der Waals surface area contributed by atoms with Crippen LogP contribution in [0.15, 0.2) is 18.2 Å². The first-order chi connectivity index (χ1) is 7.81. The van der Waals surface area contributed by atoms with Crippen molar-refractivity contribution < 1.29 is 9.90 Å². The van der Waals surface area contributed by atoms with Crippen LogP contribution in [-0.4, -0.2) is 22.7 Å². The van der Waals surface area contributed by atoms with Crippen molar-refractivity contribution in [1.82, 2.24) is 5.32 Å². The van der Waals surface area contributed by atoms with Gasteiger partial charge in [-0.2, -0.15) is 0 Å². The molecule has 0 radical (unpaired) electrons. The van der Waals surface area contributed by atoms with Gasteiger partial charge in [0, 0.05) is 11.0 Å². The zero-order chi connectivity index (χ0) is 13.1. The predicted molar refractivity (Wildman–Crippen MR) is 72.3 cm³/mol. The van der Waals surface area contributed by atoms with Crippen LogP contribution in [0.3, 0.4) is 0 Å². The zero-order valence-electron chi connectivity index (χ0n) is 10.0. The molecule has 1 rings (SSSR count). The number of thiophene rings is 1. The molecule has 5 heteroatoms. The van der Waals surface area contributed by atoms with E-state index in [1.165, 1.54) is 17.4 Å². The first kappa shape index (κ1) is 14.2. The fourth-order valence-corrected chi connectivity index (χ4v) is 2.00. The van der Waals surface area contributed by atoms with E-state index in [4.69, 9.17) is 11.6 Å². The Morgan fingerprint density at radius 1 is 1.59 bits per heavy atom. The fraction of sp³-hybridized carbons (Fsp3) is 0.417. The molecule has 0 aliphatic carbocycles. The summed E-state index contributed by atoms with van der Waals surface area (Å²) >= 11 is 7.18.